The van der Waals surface area contributed by atoms with Crippen LogP contribution in [0.3, 0.4) is 0 Å². The summed E-state index contributed by atoms with van der Waals surface area (Å²) < 4.78 is 5.83. The highest BCUT2D eigenvalue weighted by Crippen LogP contribution is 2.48. The second kappa shape index (κ2) is 6.71. The van der Waals surface area contributed by atoms with Crippen LogP contribution in [-0.2, 0) is 4.79 Å². The summed E-state index contributed by atoms with van der Waals surface area (Å²) in [5.74, 6) is 3.19. The lowest BCUT2D eigenvalue weighted by atomic mass is 9.84. The Morgan fingerprint density at radius 1 is 1.12 bits per heavy atom. The zero-order valence-corrected chi connectivity index (χ0v) is 15.4. The Morgan fingerprint density at radius 3 is 2.50 bits per heavy atom. The molecule has 1 heterocycles. The number of rotatable bonds is 4. The average molecular weight is 374 g/mol. The molecule has 0 radical (unpaired) electrons. The van der Waals surface area contributed by atoms with Crippen LogP contribution in [0.2, 0.25) is 0 Å². The van der Waals surface area contributed by atoms with E-state index in [-0.39, 0.29) is 30.3 Å². The van der Waals surface area contributed by atoms with Gasteiger partial charge in [-0.15, -0.1) is 12.4 Å². The number of nitrogens with zero attached hydrogens (tertiary/aromatic N) is 1. The highest BCUT2D eigenvalue weighted by atomic mass is 35.5. The minimum absolute atomic E-state index is 0. The molecule has 3 fully saturated rings. The summed E-state index contributed by atoms with van der Waals surface area (Å²) in [6, 6.07) is 7.80. The van der Waals surface area contributed by atoms with Gasteiger partial charge in [-0.25, -0.2) is 4.98 Å². The van der Waals surface area contributed by atoms with E-state index in [1.54, 1.807) is 6.20 Å². The molecule has 3 saturated carbocycles. The Morgan fingerprint density at radius 2 is 1.85 bits per heavy atom. The fourth-order valence-electron chi connectivity index (χ4n) is 4.61. The van der Waals surface area contributed by atoms with E-state index >= 15 is 0 Å². The third-order valence-corrected chi connectivity index (χ3v) is 6.17. The molecule has 1 amide bonds. The van der Waals surface area contributed by atoms with Gasteiger partial charge in [0.15, 0.2) is 11.7 Å². The van der Waals surface area contributed by atoms with Gasteiger partial charge in [0.2, 0.25) is 5.91 Å². The number of aromatic nitrogens is 1. The molecule has 138 valence electrons. The van der Waals surface area contributed by atoms with Gasteiger partial charge in [-0.2, -0.15) is 0 Å². The first-order valence-electron chi connectivity index (χ1n) is 9.31. The molecule has 26 heavy (non-hydrogen) atoms. The van der Waals surface area contributed by atoms with Crippen LogP contribution in [-0.4, -0.2) is 16.9 Å². The van der Waals surface area contributed by atoms with Crippen molar-refractivity contribution in [2.24, 2.45) is 23.5 Å². The van der Waals surface area contributed by atoms with E-state index < -0.39 is 0 Å². The number of carbonyl (C=O) groups is 1. The Kier molecular flexibility index (Phi) is 4.53. The van der Waals surface area contributed by atoms with Crippen molar-refractivity contribution in [2.45, 2.75) is 44.1 Å². The summed E-state index contributed by atoms with van der Waals surface area (Å²) in [5, 5.41) is 3.05. The van der Waals surface area contributed by atoms with E-state index in [9.17, 15) is 4.79 Å². The van der Waals surface area contributed by atoms with Crippen LogP contribution in [0.25, 0.3) is 11.3 Å². The number of nitrogens with two attached hydrogens (primary N) is 1. The van der Waals surface area contributed by atoms with Gasteiger partial charge in [0.1, 0.15) is 0 Å². The molecule has 2 bridgehead atoms. The van der Waals surface area contributed by atoms with Gasteiger partial charge in [-0.3, -0.25) is 4.79 Å². The van der Waals surface area contributed by atoms with Crippen LogP contribution in [0.1, 0.15) is 43.9 Å². The fraction of sp³-hybridized carbons (Fsp3) is 0.500. The summed E-state index contributed by atoms with van der Waals surface area (Å²) >= 11 is 0. The lowest BCUT2D eigenvalue weighted by molar-refractivity contribution is -0.121. The first-order valence-corrected chi connectivity index (χ1v) is 9.31. The number of hydrogen-bond donors (Lipinski definition) is 2. The van der Waals surface area contributed by atoms with Crippen molar-refractivity contribution in [1.29, 1.82) is 0 Å². The molecule has 6 heteroatoms. The van der Waals surface area contributed by atoms with Crippen LogP contribution in [0.5, 0.6) is 0 Å². The zero-order valence-electron chi connectivity index (χ0n) is 14.6. The predicted octanol–water partition coefficient (Wildman–Crippen LogP) is 3.95. The van der Waals surface area contributed by atoms with Crippen molar-refractivity contribution in [1.82, 2.24) is 4.98 Å². The summed E-state index contributed by atoms with van der Waals surface area (Å²) in [4.78, 5) is 17.0. The smallest absolute Gasteiger partial charge is 0.229 e. The number of benzene rings is 1. The predicted molar refractivity (Wildman–Crippen MR) is 102 cm³/mol. The van der Waals surface area contributed by atoms with Crippen molar-refractivity contribution >= 4 is 24.0 Å². The summed E-state index contributed by atoms with van der Waals surface area (Å²) in [5.41, 5.74) is 8.06. The monoisotopic (exact) mass is 373 g/mol. The molecule has 4 unspecified atom stereocenters. The molecule has 0 spiro atoms. The van der Waals surface area contributed by atoms with Gasteiger partial charge in [0.25, 0.3) is 0 Å². The van der Waals surface area contributed by atoms with Gasteiger partial charge in [0.05, 0.1) is 12.1 Å². The number of hydrogen-bond acceptors (Lipinski definition) is 4. The third-order valence-electron chi connectivity index (χ3n) is 6.17. The first-order chi connectivity index (χ1) is 12.2. The number of amides is 1. The maximum absolute atomic E-state index is 12.6. The van der Waals surface area contributed by atoms with Gasteiger partial charge < -0.3 is 15.5 Å². The first kappa shape index (κ1) is 17.6. The molecule has 5 nitrogen and oxygen atoms in total. The molecule has 1 aromatic carbocycles. The molecule has 2 aromatic rings. The molecule has 1 aromatic heterocycles. The van der Waals surface area contributed by atoms with E-state index in [1.165, 1.54) is 19.3 Å². The van der Waals surface area contributed by atoms with Crippen molar-refractivity contribution in [3.05, 3.63) is 36.4 Å². The van der Waals surface area contributed by atoms with Crippen molar-refractivity contribution in [3.63, 3.8) is 0 Å². The van der Waals surface area contributed by atoms with Crippen LogP contribution in [0.4, 0.5) is 5.69 Å². The van der Waals surface area contributed by atoms with Gasteiger partial charge in [-0.1, -0.05) is 0 Å². The van der Waals surface area contributed by atoms with Crippen molar-refractivity contribution < 1.29 is 9.21 Å². The van der Waals surface area contributed by atoms with Crippen molar-refractivity contribution in [2.75, 3.05) is 5.32 Å². The number of oxazole rings is 1. The number of halogens is 1. The molecular weight excluding hydrogens is 350 g/mol. The molecule has 3 N–H and O–H groups in total. The van der Waals surface area contributed by atoms with Crippen LogP contribution in [0.15, 0.2) is 34.9 Å². The largest absolute Gasteiger partial charge is 0.440 e. The van der Waals surface area contributed by atoms with Crippen molar-refractivity contribution in [3.8, 4) is 11.3 Å². The van der Waals surface area contributed by atoms with Crippen LogP contribution >= 0.6 is 12.4 Å². The molecule has 5 rings (SSSR count). The second-order valence-corrected chi connectivity index (χ2v) is 7.84. The number of nitrogens with one attached hydrogen (secondary N) is 1. The summed E-state index contributed by atoms with van der Waals surface area (Å²) in [6.45, 7) is 0. The molecule has 4 atom stereocenters. The van der Waals surface area contributed by atoms with Crippen LogP contribution in [0, 0.1) is 17.8 Å². The number of anilines is 1. The Hall–Kier alpha value is -1.85. The van der Waals surface area contributed by atoms with Gasteiger partial charge in [0, 0.05) is 23.2 Å². The minimum atomic E-state index is -0.0335. The normalized spacial score (nSPS) is 29.4. The Balaban J connectivity index is 0.00000168. The highest BCUT2D eigenvalue weighted by molar-refractivity contribution is 5.93. The third kappa shape index (κ3) is 3.03. The lowest BCUT2D eigenvalue weighted by Gasteiger charge is -2.27. The van der Waals surface area contributed by atoms with Gasteiger partial charge >= 0.3 is 0 Å². The van der Waals surface area contributed by atoms with Gasteiger partial charge in [-0.05, 0) is 68.2 Å². The molecule has 0 saturated heterocycles. The molecule has 3 aliphatic rings. The quantitative estimate of drug-likeness (QED) is 0.850. The maximum atomic E-state index is 12.6. The minimum Gasteiger partial charge on any atom is -0.440 e. The molecule has 0 aliphatic heterocycles. The summed E-state index contributed by atoms with van der Waals surface area (Å²) in [7, 11) is 0. The Bertz CT molecular complexity index is 798. The molecular formula is C20H24ClN3O2. The highest BCUT2D eigenvalue weighted by Gasteiger charge is 2.49. The fourth-order valence-corrected chi connectivity index (χ4v) is 4.61. The Labute approximate surface area is 159 Å². The topological polar surface area (TPSA) is 81.2 Å². The van der Waals surface area contributed by atoms with E-state index in [0.29, 0.717) is 17.8 Å². The summed E-state index contributed by atoms with van der Waals surface area (Å²) in [6.07, 6.45) is 7.59. The number of carbonyl (C=O) groups excluding carboxylic acids is 1. The maximum Gasteiger partial charge on any atom is 0.229 e. The van der Waals surface area contributed by atoms with E-state index in [2.05, 4.69) is 10.3 Å². The zero-order chi connectivity index (χ0) is 17.0. The SMILES string of the molecule is Cl.NC1C2CCC(C2)C1C(=O)Nc1ccc(-c2cnc(C3CC3)o2)cc1. The van der Waals surface area contributed by atoms with Crippen LogP contribution < -0.4 is 11.1 Å². The molecule has 3 aliphatic carbocycles. The standard InChI is InChI=1S/C20H23N3O2.ClH/c21-18-14-4-3-13(9-14)17(18)19(24)23-15-7-5-11(6-8-15)16-10-22-20(25-16)12-1-2-12;/h5-8,10,12-14,17-18H,1-4,9,21H2,(H,23,24);1H. The average Bonchev–Trinajstić information content (AvgIpc) is 3.05. The number of fused-ring (bicyclic) bond motifs is 2. The lowest BCUT2D eigenvalue weighted by Crippen LogP contribution is -2.42. The van der Waals surface area contributed by atoms with E-state index in [1.807, 2.05) is 24.3 Å². The van der Waals surface area contributed by atoms with E-state index in [4.69, 9.17) is 10.2 Å². The van der Waals surface area contributed by atoms with E-state index in [0.717, 1.165) is 35.7 Å². The second-order valence-electron chi connectivity index (χ2n) is 7.84.